The molecule has 124 valence electrons. The minimum Gasteiger partial charge on any atom is -0.497 e. The summed E-state index contributed by atoms with van der Waals surface area (Å²) in [5.74, 6) is 1.02. The van der Waals surface area contributed by atoms with Crippen LogP contribution in [0, 0.1) is 0 Å². The van der Waals surface area contributed by atoms with Crippen molar-refractivity contribution in [3.05, 3.63) is 65.2 Å². The first-order chi connectivity index (χ1) is 11.6. The van der Waals surface area contributed by atoms with Crippen molar-refractivity contribution in [1.82, 2.24) is 4.90 Å². The summed E-state index contributed by atoms with van der Waals surface area (Å²) in [6.07, 6.45) is 0.931. The molecule has 0 bridgehead atoms. The second-order valence-electron chi connectivity index (χ2n) is 6.11. The Kier molecular flexibility index (Phi) is 4.65. The highest BCUT2D eigenvalue weighted by Gasteiger charge is 2.29. The normalized spacial score (nSPS) is 16.9. The molecule has 2 aromatic rings. The number of methoxy groups -OCH3 is 1. The number of ketones is 1. The molecule has 0 aliphatic carbocycles. The van der Waals surface area contributed by atoms with Crippen molar-refractivity contribution in [2.45, 2.75) is 19.3 Å². The SMILES string of the molecule is COc1ccc([C@@H]2CCN(C(=O)c3ccccc3C(C)=O)C2)cc1. The van der Waals surface area contributed by atoms with Gasteiger partial charge in [-0.15, -0.1) is 0 Å². The molecule has 1 aliphatic rings. The van der Waals surface area contributed by atoms with Crippen LogP contribution in [-0.4, -0.2) is 36.8 Å². The molecular weight excluding hydrogens is 302 g/mol. The third-order valence-corrected chi connectivity index (χ3v) is 4.60. The molecule has 1 amide bonds. The molecule has 2 aromatic carbocycles. The Labute approximate surface area is 142 Å². The molecule has 4 heteroatoms. The highest BCUT2D eigenvalue weighted by atomic mass is 16.5. The molecule has 3 rings (SSSR count). The Morgan fingerprint density at radius 2 is 1.71 bits per heavy atom. The first-order valence-corrected chi connectivity index (χ1v) is 8.13. The van der Waals surface area contributed by atoms with Crippen molar-refractivity contribution in [3.8, 4) is 5.75 Å². The lowest BCUT2D eigenvalue weighted by Gasteiger charge is -2.18. The number of carbonyl (C=O) groups excluding carboxylic acids is 2. The predicted octanol–water partition coefficient (Wildman–Crippen LogP) is 3.53. The maximum absolute atomic E-state index is 12.8. The van der Waals surface area contributed by atoms with E-state index in [0.29, 0.717) is 30.1 Å². The number of Topliss-reactive ketones (excluding diaryl/α,β-unsaturated/α-hetero) is 1. The van der Waals surface area contributed by atoms with E-state index in [0.717, 1.165) is 12.2 Å². The van der Waals surface area contributed by atoms with Gasteiger partial charge in [-0.25, -0.2) is 0 Å². The van der Waals surface area contributed by atoms with Gasteiger partial charge in [0.1, 0.15) is 5.75 Å². The number of amides is 1. The quantitative estimate of drug-likeness (QED) is 0.809. The molecule has 1 aliphatic heterocycles. The molecule has 0 N–H and O–H groups in total. The molecule has 0 radical (unpaired) electrons. The monoisotopic (exact) mass is 323 g/mol. The van der Waals surface area contributed by atoms with Crippen LogP contribution in [0.3, 0.4) is 0 Å². The fraction of sp³-hybridized carbons (Fsp3) is 0.300. The molecular formula is C20H21NO3. The van der Waals surface area contributed by atoms with Crippen LogP contribution >= 0.6 is 0 Å². The Balaban J connectivity index is 1.75. The summed E-state index contributed by atoms with van der Waals surface area (Å²) in [5.41, 5.74) is 2.21. The van der Waals surface area contributed by atoms with Crippen LogP contribution in [0.2, 0.25) is 0 Å². The van der Waals surface area contributed by atoms with Crippen molar-refractivity contribution in [3.63, 3.8) is 0 Å². The molecule has 0 spiro atoms. The number of nitrogens with zero attached hydrogens (tertiary/aromatic N) is 1. The van der Waals surface area contributed by atoms with Crippen LogP contribution < -0.4 is 4.74 Å². The highest BCUT2D eigenvalue weighted by Crippen LogP contribution is 2.29. The summed E-state index contributed by atoms with van der Waals surface area (Å²) in [6, 6.07) is 15.1. The topological polar surface area (TPSA) is 46.6 Å². The predicted molar refractivity (Wildman–Crippen MR) is 92.7 cm³/mol. The van der Waals surface area contributed by atoms with E-state index in [4.69, 9.17) is 4.74 Å². The van der Waals surface area contributed by atoms with Crippen LogP contribution in [0.15, 0.2) is 48.5 Å². The number of hydrogen-bond donors (Lipinski definition) is 0. The highest BCUT2D eigenvalue weighted by molar-refractivity contribution is 6.07. The van der Waals surface area contributed by atoms with Crippen LogP contribution in [0.1, 0.15) is 45.5 Å². The van der Waals surface area contributed by atoms with Crippen molar-refractivity contribution >= 4 is 11.7 Å². The largest absolute Gasteiger partial charge is 0.497 e. The van der Waals surface area contributed by atoms with Gasteiger partial charge >= 0.3 is 0 Å². The van der Waals surface area contributed by atoms with E-state index in [-0.39, 0.29) is 11.7 Å². The summed E-state index contributed by atoms with van der Waals surface area (Å²) in [7, 11) is 1.65. The molecule has 1 saturated heterocycles. The van der Waals surface area contributed by atoms with Gasteiger partial charge in [0, 0.05) is 24.6 Å². The smallest absolute Gasteiger partial charge is 0.254 e. The number of rotatable bonds is 4. The minimum absolute atomic E-state index is 0.0585. The van der Waals surface area contributed by atoms with Gasteiger partial charge in [0.25, 0.3) is 5.91 Å². The Bertz CT molecular complexity index is 752. The average molecular weight is 323 g/mol. The van der Waals surface area contributed by atoms with Gasteiger partial charge in [-0.2, -0.15) is 0 Å². The molecule has 0 aromatic heterocycles. The third-order valence-electron chi connectivity index (χ3n) is 4.60. The average Bonchev–Trinajstić information content (AvgIpc) is 3.11. The first kappa shape index (κ1) is 16.2. The van der Waals surface area contributed by atoms with Gasteiger partial charge in [-0.05, 0) is 37.1 Å². The van der Waals surface area contributed by atoms with Crippen molar-refractivity contribution < 1.29 is 14.3 Å². The fourth-order valence-corrected chi connectivity index (χ4v) is 3.24. The zero-order chi connectivity index (χ0) is 17.1. The summed E-state index contributed by atoms with van der Waals surface area (Å²) in [5, 5.41) is 0. The Morgan fingerprint density at radius 1 is 1.04 bits per heavy atom. The lowest BCUT2D eigenvalue weighted by Crippen LogP contribution is -2.29. The van der Waals surface area contributed by atoms with E-state index in [1.165, 1.54) is 12.5 Å². The van der Waals surface area contributed by atoms with Crippen molar-refractivity contribution in [2.24, 2.45) is 0 Å². The number of benzene rings is 2. The number of likely N-dealkylation sites (tertiary alicyclic amines) is 1. The molecule has 1 heterocycles. The Morgan fingerprint density at radius 3 is 2.33 bits per heavy atom. The Hall–Kier alpha value is -2.62. The third kappa shape index (κ3) is 3.18. The molecule has 1 atom stereocenters. The van der Waals surface area contributed by atoms with Crippen LogP contribution in [0.5, 0.6) is 5.75 Å². The van der Waals surface area contributed by atoms with Gasteiger partial charge in [-0.1, -0.05) is 30.3 Å². The van der Waals surface area contributed by atoms with Gasteiger partial charge < -0.3 is 9.64 Å². The summed E-state index contributed by atoms with van der Waals surface area (Å²) >= 11 is 0. The van der Waals surface area contributed by atoms with Gasteiger partial charge in [0.05, 0.1) is 12.7 Å². The fourth-order valence-electron chi connectivity index (χ4n) is 3.24. The van der Waals surface area contributed by atoms with E-state index < -0.39 is 0 Å². The van der Waals surface area contributed by atoms with Gasteiger partial charge in [0.15, 0.2) is 5.78 Å². The summed E-state index contributed by atoms with van der Waals surface area (Å²) in [6.45, 7) is 2.88. The van der Waals surface area contributed by atoms with Crippen LogP contribution in [-0.2, 0) is 0 Å². The zero-order valence-corrected chi connectivity index (χ0v) is 14.0. The number of hydrogen-bond acceptors (Lipinski definition) is 3. The molecule has 0 unspecified atom stereocenters. The maximum Gasteiger partial charge on any atom is 0.254 e. The van der Waals surface area contributed by atoms with E-state index >= 15 is 0 Å². The van der Waals surface area contributed by atoms with E-state index in [2.05, 4.69) is 12.1 Å². The second kappa shape index (κ2) is 6.87. The van der Waals surface area contributed by atoms with Crippen molar-refractivity contribution in [2.75, 3.05) is 20.2 Å². The molecule has 24 heavy (non-hydrogen) atoms. The maximum atomic E-state index is 12.8. The van der Waals surface area contributed by atoms with Crippen molar-refractivity contribution in [1.29, 1.82) is 0 Å². The van der Waals surface area contributed by atoms with E-state index in [1.54, 1.807) is 31.4 Å². The molecule has 4 nitrogen and oxygen atoms in total. The standard InChI is InChI=1S/C20H21NO3/c1-14(22)18-5-3-4-6-19(18)20(23)21-12-11-16(13-21)15-7-9-17(24-2)10-8-15/h3-10,16H,11-13H2,1-2H3/t16-/m1/s1. The number of ether oxygens (including phenoxy) is 1. The number of carbonyl (C=O) groups is 2. The van der Waals surface area contributed by atoms with E-state index in [1.807, 2.05) is 17.0 Å². The first-order valence-electron chi connectivity index (χ1n) is 8.13. The molecule has 0 saturated carbocycles. The minimum atomic E-state index is -0.0788. The van der Waals surface area contributed by atoms with E-state index in [9.17, 15) is 9.59 Å². The lowest BCUT2D eigenvalue weighted by molar-refractivity contribution is 0.0785. The molecule has 1 fully saturated rings. The van der Waals surface area contributed by atoms with Gasteiger partial charge in [-0.3, -0.25) is 9.59 Å². The van der Waals surface area contributed by atoms with Gasteiger partial charge in [0.2, 0.25) is 0 Å². The van der Waals surface area contributed by atoms with Crippen LogP contribution in [0.25, 0.3) is 0 Å². The van der Waals surface area contributed by atoms with Crippen LogP contribution in [0.4, 0.5) is 0 Å². The summed E-state index contributed by atoms with van der Waals surface area (Å²) in [4.78, 5) is 26.4. The second-order valence-corrected chi connectivity index (χ2v) is 6.11. The zero-order valence-electron chi connectivity index (χ0n) is 14.0. The lowest BCUT2D eigenvalue weighted by atomic mass is 9.98. The summed E-state index contributed by atoms with van der Waals surface area (Å²) < 4.78 is 5.19.